The van der Waals surface area contributed by atoms with Crippen molar-refractivity contribution in [1.82, 2.24) is 4.90 Å². The van der Waals surface area contributed by atoms with Gasteiger partial charge < -0.3 is 4.90 Å². The monoisotopic (exact) mass is 243 g/mol. The minimum atomic E-state index is 0.303. The van der Waals surface area contributed by atoms with Crippen molar-refractivity contribution in [2.75, 3.05) is 25.0 Å². The maximum absolute atomic E-state index is 9.01. The van der Waals surface area contributed by atoms with Gasteiger partial charge >= 0.3 is 0 Å². The molecule has 1 aromatic rings. The Bertz CT molecular complexity index is 449. The van der Waals surface area contributed by atoms with Crippen molar-refractivity contribution >= 4 is 5.69 Å². The van der Waals surface area contributed by atoms with Gasteiger partial charge in [0.15, 0.2) is 0 Å². The Morgan fingerprint density at radius 1 is 1.33 bits per heavy atom. The molecule has 2 unspecified atom stereocenters. The Kier molecular flexibility index (Phi) is 3.88. The van der Waals surface area contributed by atoms with Crippen LogP contribution in [0.5, 0.6) is 0 Å². The van der Waals surface area contributed by atoms with Crippen LogP contribution in [0, 0.1) is 18.3 Å². The lowest BCUT2D eigenvalue weighted by molar-refractivity contribution is 0.200. The summed E-state index contributed by atoms with van der Waals surface area (Å²) in [6.45, 7) is 6.34. The van der Waals surface area contributed by atoms with Crippen LogP contribution in [-0.4, -0.2) is 37.1 Å². The fraction of sp³-hybridized carbons (Fsp3) is 0.533. The molecule has 0 N–H and O–H groups in total. The van der Waals surface area contributed by atoms with Gasteiger partial charge in [-0.2, -0.15) is 5.26 Å². The first-order valence-electron chi connectivity index (χ1n) is 6.53. The van der Waals surface area contributed by atoms with Crippen LogP contribution < -0.4 is 4.90 Å². The number of anilines is 1. The molecule has 2 rings (SSSR count). The van der Waals surface area contributed by atoms with E-state index in [9.17, 15) is 0 Å². The number of para-hydroxylation sites is 1. The van der Waals surface area contributed by atoms with Gasteiger partial charge in [-0.25, -0.2) is 0 Å². The van der Waals surface area contributed by atoms with E-state index in [-0.39, 0.29) is 0 Å². The molecule has 1 aromatic carbocycles. The molecule has 0 radical (unpaired) electrons. The molecule has 0 bridgehead atoms. The summed E-state index contributed by atoms with van der Waals surface area (Å²) >= 11 is 0. The lowest BCUT2D eigenvalue weighted by Crippen LogP contribution is -2.56. The number of benzene rings is 1. The predicted molar refractivity (Wildman–Crippen MR) is 74.6 cm³/mol. The van der Waals surface area contributed by atoms with E-state index in [2.05, 4.69) is 61.0 Å². The van der Waals surface area contributed by atoms with E-state index in [1.54, 1.807) is 0 Å². The van der Waals surface area contributed by atoms with Gasteiger partial charge in [0.1, 0.15) is 0 Å². The number of piperazine rings is 1. The Hall–Kier alpha value is -1.53. The number of nitriles is 1. The summed E-state index contributed by atoms with van der Waals surface area (Å²) in [4.78, 5) is 4.75. The number of hydrogen-bond acceptors (Lipinski definition) is 3. The van der Waals surface area contributed by atoms with E-state index in [0.717, 1.165) is 13.1 Å². The number of likely N-dealkylation sites (N-methyl/N-ethyl adjacent to an activating group) is 1. The molecule has 1 saturated heterocycles. The van der Waals surface area contributed by atoms with Crippen molar-refractivity contribution in [3.05, 3.63) is 29.8 Å². The first-order chi connectivity index (χ1) is 8.63. The van der Waals surface area contributed by atoms with Crippen LogP contribution in [0.1, 0.15) is 18.9 Å². The Labute approximate surface area is 110 Å². The van der Waals surface area contributed by atoms with Crippen molar-refractivity contribution in [2.24, 2.45) is 0 Å². The van der Waals surface area contributed by atoms with Gasteiger partial charge in [0.2, 0.25) is 0 Å². The summed E-state index contributed by atoms with van der Waals surface area (Å²) in [5.74, 6) is 0. The molecule has 0 saturated carbocycles. The summed E-state index contributed by atoms with van der Waals surface area (Å²) in [5.41, 5.74) is 2.56. The molecule has 1 aliphatic heterocycles. The molecular weight excluding hydrogens is 222 g/mol. The van der Waals surface area contributed by atoms with Crippen LogP contribution in [-0.2, 0) is 0 Å². The zero-order chi connectivity index (χ0) is 13.1. The van der Waals surface area contributed by atoms with Crippen molar-refractivity contribution in [3.8, 4) is 6.07 Å². The average Bonchev–Trinajstić information content (AvgIpc) is 2.35. The summed E-state index contributed by atoms with van der Waals surface area (Å²) in [6.07, 6.45) is 0.589. The van der Waals surface area contributed by atoms with Gasteiger partial charge in [0, 0.05) is 24.8 Å². The van der Waals surface area contributed by atoms with Crippen molar-refractivity contribution in [2.45, 2.75) is 32.4 Å². The van der Waals surface area contributed by atoms with Crippen molar-refractivity contribution < 1.29 is 0 Å². The minimum Gasteiger partial charge on any atom is -0.364 e. The molecule has 0 spiro atoms. The van der Waals surface area contributed by atoms with Gasteiger partial charge in [0.05, 0.1) is 18.5 Å². The molecule has 0 aliphatic carbocycles. The lowest BCUT2D eigenvalue weighted by Gasteiger charge is -2.45. The highest BCUT2D eigenvalue weighted by Crippen LogP contribution is 2.26. The van der Waals surface area contributed by atoms with E-state index in [1.165, 1.54) is 11.3 Å². The van der Waals surface area contributed by atoms with E-state index in [4.69, 9.17) is 5.26 Å². The van der Waals surface area contributed by atoms with Gasteiger partial charge in [-0.1, -0.05) is 18.2 Å². The molecule has 1 aliphatic rings. The van der Waals surface area contributed by atoms with Crippen molar-refractivity contribution in [3.63, 3.8) is 0 Å². The third-order valence-electron chi connectivity index (χ3n) is 3.90. The standard InChI is InChI=1S/C15H21N3/c1-12-6-4-5-7-15(12)18-10-13(2)17(3)11-14(18)8-9-16/h4-7,13-14H,8,10-11H2,1-3H3. The second-order valence-corrected chi connectivity index (χ2v) is 5.24. The number of nitrogens with zero attached hydrogens (tertiary/aromatic N) is 3. The molecule has 96 valence electrons. The fourth-order valence-electron chi connectivity index (χ4n) is 2.64. The van der Waals surface area contributed by atoms with Crippen LogP contribution >= 0.6 is 0 Å². The summed E-state index contributed by atoms with van der Waals surface area (Å²) < 4.78 is 0. The molecule has 3 heteroatoms. The highest BCUT2D eigenvalue weighted by molar-refractivity contribution is 5.54. The van der Waals surface area contributed by atoms with Crippen LogP contribution in [0.2, 0.25) is 0 Å². The van der Waals surface area contributed by atoms with Crippen LogP contribution in [0.4, 0.5) is 5.69 Å². The maximum Gasteiger partial charge on any atom is 0.0643 e. The quantitative estimate of drug-likeness (QED) is 0.799. The molecule has 2 atom stereocenters. The first kappa shape index (κ1) is 12.9. The predicted octanol–water partition coefficient (Wildman–Crippen LogP) is 2.42. The van der Waals surface area contributed by atoms with Gasteiger partial charge in [0.25, 0.3) is 0 Å². The summed E-state index contributed by atoms with van der Waals surface area (Å²) in [6, 6.07) is 11.6. The highest BCUT2D eigenvalue weighted by Gasteiger charge is 2.30. The van der Waals surface area contributed by atoms with E-state index >= 15 is 0 Å². The van der Waals surface area contributed by atoms with Crippen LogP contribution in [0.3, 0.4) is 0 Å². The summed E-state index contributed by atoms with van der Waals surface area (Å²) in [7, 11) is 2.14. The molecule has 1 heterocycles. The Morgan fingerprint density at radius 2 is 2.06 bits per heavy atom. The first-order valence-corrected chi connectivity index (χ1v) is 6.53. The topological polar surface area (TPSA) is 30.3 Å². The van der Waals surface area contributed by atoms with Gasteiger partial charge in [-0.3, -0.25) is 4.90 Å². The van der Waals surface area contributed by atoms with Crippen LogP contribution in [0.15, 0.2) is 24.3 Å². The SMILES string of the molecule is Cc1ccccc1N1CC(C)N(C)CC1CC#N. The van der Waals surface area contributed by atoms with E-state index in [1.807, 2.05) is 0 Å². The zero-order valence-corrected chi connectivity index (χ0v) is 11.4. The zero-order valence-electron chi connectivity index (χ0n) is 11.4. The summed E-state index contributed by atoms with van der Waals surface area (Å²) in [5, 5.41) is 9.01. The average molecular weight is 243 g/mol. The second-order valence-electron chi connectivity index (χ2n) is 5.24. The van der Waals surface area contributed by atoms with E-state index in [0.29, 0.717) is 18.5 Å². The maximum atomic E-state index is 9.01. The highest BCUT2D eigenvalue weighted by atomic mass is 15.3. The Morgan fingerprint density at radius 3 is 2.72 bits per heavy atom. The molecule has 3 nitrogen and oxygen atoms in total. The number of rotatable bonds is 2. The smallest absolute Gasteiger partial charge is 0.0643 e. The van der Waals surface area contributed by atoms with Crippen molar-refractivity contribution in [1.29, 1.82) is 5.26 Å². The number of aryl methyl sites for hydroxylation is 1. The number of hydrogen-bond donors (Lipinski definition) is 0. The normalized spacial score (nSPS) is 24.9. The molecular formula is C15H21N3. The molecule has 18 heavy (non-hydrogen) atoms. The largest absolute Gasteiger partial charge is 0.364 e. The Balaban J connectivity index is 2.28. The molecule has 0 amide bonds. The third kappa shape index (κ3) is 2.49. The fourth-order valence-corrected chi connectivity index (χ4v) is 2.64. The third-order valence-corrected chi connectivity index (χ3v) is 3.90. The minimum absolute atomic E-state index is 0.303. The van der Waals surface area contributed by atoms with Gasteiger partial charge in [-0.05, 0) is 32.5 Å². The second kappa shape index (κ2) is 5.41. The molecule has 0 aromatic heterocycles. The van der Waals surface area contributed by atoms with Crippen LogP contribution in [0.25, 0.3) is 0 Å². The van der Waals surface area contributed by atoms with E-state index < -0.39 is 0 Å². The lowest BCUT2D eigenvalue weighted by atomic mass is 10.0. The van der Waals surface area contributed by atoms with Gasteiger partial charge in [-0.15, -0.1) is 0 Å². The molecule has 1 fully saturated rings.